The molecular formula is C15H20N2O2. The van der Waals surface area contributed by atoms with Crippen molar-refractivity contribution in [1.29, 1.82) is 0 Å². The van der Waals surface area contributed by atoms with E-state index in [0.717, 1.165) is 24.9 Å². The second-order valence-electron chi connectivity index (χ2n) is 5.53. The second-order valence-corrected chi connectivity index (χ2v) is 5.53. The van der Waals surface area contributed by atoms with Gasteiger partial charge in [-0.05, 0) is 42.5 Å². The van der Waals surface area contributed by atoms with E-state index in [1.54, 1.807) is 0 Å². The molecule has 1 amide bonds. The van der Waals surface area contributed by atoms with Gasteiger partial charge in [-0.15, -0.1) is 0 Å². The van der Waals surface area contributed by atoms with E-state index in [2.05, 4.69) is 16.7 Å². The standard InChI is InChI=1S/C15H20N2O2/c18-14-9-16-7-13(14)8-17-15(19)12-5-4-10-2-1-3-11(10)6-12/h4-6,13-14,16,18H,1-3,7-9H2,(H,17,19). The van der Waals surface area contributed by atoms with Crippen molar-refractivity contribution in [2.75, 3.05) is 19.6 Å². The summed E-state index contributed by atoms with van der Waals surface area (Å²) < 4.78 is 0. The number of amides is 1. The highest BCUT2D eigenvalue weighted by molar-refractivity contribution is 5.94. The quantitative estimate of drug-likeness (QED) is 0.741. The van der Waals surface area contributed by atoms with Crippen LogP contribution in [0.2, 0.25) is 0 Å². The van der Waals surface area contributed by atoms with Crippen molar-refractivity contribution < 1.29 is 9.90 Å². The largest absolute Gasteiger partial charge is 0.391 e. The van der Waals surface area contributed by atoms with Crippen LogP contribution in [0.3, 0.4) is 0 Å². The van der Waals surface area contributed by atoms with Gasteiger partial charge in [-0.3, -0.25) is 4.79 Å². The maximum absolute atomic E-state index is 12.1. The van der Waals surface area contributed by atoms with E-state index < -0.39 is 0 Å². The van der Waals surface area contributed by atoms with E-state index >= 15 is 0 Å². The molecule has 1 aliphatic heterocycles. The number of rotatable bonds is 3. The Kier molecular flexibility index (Phi) is 3.53. The number of β-amino-alcohol motifs (C(OH)–C–C–N with tert-alkyl or cyclic N) is 1. The Morgan fingerprint density at radius 3 is 2.95 bits per heavy atom. The van der Waals surface area contributed by atoms with E-state index in [0.29, 0.717) is 13.1 Å². The minimum absolute atomic E-state index is 0.0335. The summed E-state index contributed by atoms with van der Waals surface area (Å²) in [5.41, 5.74) is 3.43. The SMILES string of the molecule is O=C(NCC1CNCC1O)c1ccc2c(c1)CCC2. The van der Waals surface area contributed by atoms with Crippen LogP contribution in [0.15, 0.2) is 18.2 Å². The summed E-state index contributed by atoms with van der Waals surface area (Å²) in [6, 6.07) is 5.99. The van der Waals surface area contributed by atoms with Crippen molar-refractivity contribution in [2.24, 2.45) is 5.92 Å². The Bertz CT molecular complexity index is 487. The predicted molar refractivity (Wildman–Crippen MR) is 73.2 cm³/mol. The molecule has 4 nitrogen and oxygen atoms in total. The number of carbonyl (C=O) groups is 1. The van der Waals surface area contributed by atoms with Crippen LogP contribution in [0.1, 0.15) is 27.9 Å². The maximum atomic E-state index is 12.1. The van der Waals surface area contributed by atoms with E-state index in [1.165, 1.54) is 17.5 Å². The first kappa shape index (κ1) is 12.6. The molecule has 2 aliphatic rings. The monoisotopic (exact) mass is 260 g/mol. The minimum Gasteiger partial charge on any atom is -0.391 e. The number of aliphatic hydroxyl groups excluding tert-OH is 1. The van der Waals surface area contributed by atoms with Crippen LogP contribution in [0, 0.1) is 5.92 Å². The number of fused-ring (bicyclic) bond motifs is 1. The van der Waals surface area contributed by atoms with Crippen molar-refractivity contribution >= 4 is 5.91 Å². The first-order valence-electron chi connectivity index (χ1n) is 7.03. The molecule has 0 aromatic heterocycles. The highest BCUT2D eigenvalue weighted by Crippen LogP contribution is 2.22. The molecule has 3 N–H and O–H groups in total. The van der Waals surface area contributed by atoms with Gasteiger partial charge in [-0.2, -0.15) is 0 Å². The van der Waals surface area contributed by atoms with Crippen LogP contribution >= 0.6 is 0 Å². The molecule has 3 rings (SSSR count). The van der Waals surface area contributed by atoms with Crippen molar-refractivity contribution in [3.63, 3.8) is 0 Å². The van der Waals surface area contributed by atoms with Gasteiger partial charge in [0.15, 0.2) is 0 Å². The van der Waals surface area contributed by atoms with Crippen LogP contribution in [0.4, 0.5) is 0 Å². The van der Waals surface area contributed by atoms with Crippen LogP contribution in [0.5, 0.6) is 0 Å². The topological polar surface area (TPSA) is 61.4 Å². The molecule has 0 spiro atoms. The minimum atomic E-state index is -0.347. The fraction of sp³-hybridized carbons (Fsp3) is 0.533. The molecule has 2 atom stereocenters. The zero-order chi connectivity index (χ0) is 13.2. The summed E-state index contributed by atoms with van der Waals surface area (Å²) in [5.74, 6) is 0.0900. The number of benzene rings is 1. The van der Waals surface area contributed by atoms with Gasteiger partial charge in [-0.25, -0.2) is 0 Å². The lowest BCUT2D eigenvalue weighted by Gasteiger charge is -2.14. The third-order valence-electron chi connectivity index (χ3n) is 4.19. The molecule has 2 unspecified atom stereocenters. The zero-order valence-electron chi connectivity index (χ0n) is 11.0. The smallest absolute Gasteiger partial charge is 0.251 e. The van der Waals surface area contributed by atoms with Crippen molar-refractivity contribution in [3.05, 3.63) is 34.9 Å². The molecule has 102 valence electrons. The van der Waals surface area contributed by atoms with Gasteiger partial charge < -0.3 is 15.7 Å². The molecule has 1 aromatic rings. The average molecular weight is 260 g/mol. The van der Waals surface area contributed by atoms with E-state index in [4.69, 9.17) is 0 Å². The molecule has 1 aliphatic carbocycles. The van der Waals surface area contributed by atoms with Gasteiger partial charge in [0.2, 0.25) is 0 Å². The zero-order valence-corrected chi connectivity index (χ0v) is 11.0. The molecule has 19 heavy (non-hydrogen) atoms. The summed E-state index contributed by atoms with van der Waals surface area (Å²) in [7, 11) is 0. The molecule has 0 saturated carbocycles. The Hall–Kier alpha value is -1.39. The lowest BCUT2D eigenvalue weighted by Crippen LogP contribution is -2.34. The van der Waals surface area contributed by atoms with Gasteiger partial charge in [-0.1, -0.05) is 6.07 Å². The summed E-state index contributed by atoms with van der Waals surface area (Å²) >= 11 is 0. The summed E-state index contributed by atoms with van der Waals surface area (Å²) in [6.07, 6.45) is 3.07. The number of nitrogens with one attached hydrogen (secondary N) is 2. The number of hydrogen-bond acceptors (Lipinski definition) is 3. The van der Waals surface area contributed by atoms with E-state index in [1.807, 2.05) is 12.1 Å². The molecule has 0 bridgehead atoms. The number of aryl methyl sites for hydroxylation is 2. The first-order valence-corrected chi connectivity index (χ1v) is 7.03. The molecule has 4 heteroatoms. The van der Waals surface area contributed by atoms with Gasteiger partial charge in [0, 0.05) is 31.1 Å². The average Bonchev–Trinajstić information content (AvgIpc) is 3.03. The molecule has 1 fully saturated rings. The molecular weight excluding hydrogens is 240 g/mol. The van der Waals surface area contributed by atoms with Crippen LogP contribution in [0.25, 0.3) is 0 Å². The Balaban J connectivity index is 1.61. The van der Waals surface area contributed by atoms with Crippen LogP contribution in [-0.2, 0) is 12.8 Å². The highest BCUT2D eigenvalue weighted by Gasteiger charge is 2.25. The molecule has 1 aromatic carbocycles. The van der Waals surface area contributed by atoms with Gasteiger partial charge in [0.1, 0.15) is 0 Å². The normalized spacial score (nSPS) is 25.3. The molecule has 1 saturated heterocycles. The third kappa shape index (κ3) is 2.65. The maximum Gasteiger partial charge on any atom is 0.251 e. The summed E-state index contributed by atoms with van der Waals surface area (Å²) in [4.78, 5) is 12.1. The lowest BCUT2D eigenvalue weighted by atomic mass is 10.0. The highest BCUT2D eigenvalue weighted by atomic mass is 16.3. The van der Waals surface area contributed by atoms with E-state index in [-0.39, 0.29) is 17.9 Å². The first-order chi connectivity index (χ1) is 9.24. The molecule has 1 heterocycles. The fourth-order valence-corrected chi connectivity index (χ4v) is 2.97. The second kappa shape index (κ2) is 5.31. The number of carbonyl (C=O) groups excluding carboxylic acids is 1. The Morgan fingerprint density at radius 1 is 1.32 bits per heavy atom. The molecule has 0 radical (unpaired) electrons. The predicted octanol–water partition coefficient (Wildman–Crippen LogP) is 0.485. The summed E-state index contributed by atoms with van der Waals surface area (Å²) in [5, 5.41) is 15.7. The van der Waals surface area contributed by atoms with Crippen molar-refractivity contribution in [3.8, 4) is 0 Å². The van der Waals surface area contributed by atoms with Crippen LogP contribution in [-0.4, -0.2) is 36.8 Å². The lowest BCUT2D eigenvalue weighted by molar-refractivity contribution is 0.0927. The summed E-state index contributed by atoms with van der Waals surface area (Å²) in [6.45, 7) is 1.93. The van der Waals surface area contributed by atoms with Crippen molar-refractivity contribution in [2.45, 2.75) is 25.4 Å². The fourth-order valence-electron chi connectivity index (χ4n) is 2.97. The van der Waals surface area contributed by atoms with Crippen molar-refractivity contribution in [1.82, 2.24) is 10.6 Å². The third-order valence-corrected chi connectivity index (χ3v) is 4.19. The van der Waals surface area contributed by atoms with E-state index in [9.17, 15) is 9.90 Å². The van der Waals surface area contributed by atoms with Crippen LogP contribution < -0.4 is 10.6 Å². The Morgan fingerprint density at radius 2 is 2.16 bits per heavy atom. The Labute approximate surface area is 113 Å². The number of hydrogen-bond donors (Lipinski definition) is 3. The van der Waals surface area contributed by atoms with Gasteiger partial charge >= 0.3 is 0 Å². The number of aliphatic hydroxyl groups is 1. The van der Waals surface area contributed by atoms with Gasteiger partial charge in [0.05, 0.1) is 6.10 Å². The van der Waals surface area contributed by atoms with Gasteiger partial charge in [0.25, 0.3) is 5.91 Å².